The molecule has 0 radical (unpaired) electrons. The highest BCUT2D eigenvalue weighted by atomic mass is 35.5. The molecule has 0 bridgehead atoms. The van der Waals surface area contributed by atoms with Gasteiger partial charge >= 0.3 is 0 Å². The van der Waals surface area contributed by atoms with Gasteiger partial charge in [0.05, 0.1) is 18.0 Å². The van der Waals surface area contributed by atoms with Crippen molar-refractivity contribution >= 4 is 34.5 Å². The van der Waals surface area contributed by atoms with Crippen molar-refractivity contribution in [2.24, 2.45) is 0 Å². The molecule has 0 saturated heterocycles. The predicted octanol–water partition coefficient (Wildman–Crippen LogP) is 2.29. The van der Waals surface area contributed by atoms with E-state index in [4.69, 9.17) is 23.2 Å². The van der Waals surface area contributed by atoms with Crippen LogP contribution in [0.15, 0.2) is 18.6 Å². The fraction of sp³-hybridized carbons (Fsp3) is 0.300. The standard InChI is InChI=1S/C10H9Cl2N3O/c1-6(8(16)4-11)10-14-5-7-9(12)13-2-3-15(7)10/h2-3,5-6H,4H2,1H3. The molecule has 16 heavy (non-hydrogen) atoms. The third kappa shape index (κ3) is 1.79. The first-order valence-corrected chi connectivity index (χ1v) is 5.62. The van der Waals surface area contributed by atoms with Crippen LogP contribution in [0.1, 0.15) is 18.7 Å². The zero-order chi connectivity index (χ0) is 11.7. The summed E-state index contributed by atoms with van der Waals surface area (Å²) in [6.07, 6.45) is 4.89. The first-order valence-electron chi connectivity index (χ1n) is 4.71. The van der Waals surface area contributed by atoms with Gasteiger partial charge in [0, 0.05) is 12.4 Å². The van der Waals surface area contributed by atoms with Crippen molar-refractivity contribution in [3.8, 4) is 0 Å². The van der Waals surface area contributed by atoms with Gasteiger partial charge in [-0.25, -0.2) is 9.97 Å². The lowest BCUT2D eigenvalue weighted by Crippen LogP contribution is -2.13. The molecule has 4 nitrogen and oxygen atoms in total. The number of nitrogens with zero attached hydrogens (tertiary/aromatic N) is 3. The van der Waals surface area contributed by atoms with Crippen molar-refractivity contribution in [3.05, 3.63) is 29.6 Å². The number of alkyl halides is 1. The first kappa shape index (κ1) is 11.4. The third-order valence-electron chi connectivity index (χ3n) is 2.44. The number of Topliss-reactive ketones (excluding diaryl/α,β-unsaturated/α-hetero) is 1. The largest absolute Gasteiger partial charge is 0.299 e. The van der Waals surface area contributed by atoms with Crippen molar-refractivity contribution in [2.45, 2.75) is 12.8 Å². The van der Waals surface area contributed by atoms with E-state index in [1.54, 1.807) is 29.9 Å². The molecule has 0 fully saturated rings. The first-order chi connectivity index (χ1) is 7.65. The molecule has 0 spiro atoms. The lowest BCUT2D eigenvalue weighted by atomic mass is 10.1. The number of aromatic nitrogens is 3. The summed E-state index contributed by atoms with van der Waals surface area (Å²) in [5.74, 6) is 0.194. The Bertz CT molecular complexity index is 538. The molecule has 6 heteroatoms. The van der Waals surface area contributed by atoms with Gasteiger partial charge in [0.25, 0.3) is 0 Å². The Morgan fingerprint density at radius 2 is 2.31 bits per heavy atom. The van der Waals surface area contributed by atoms with Crippen molar-refractivity contribution < 1.29 is 4.79 Å². The number of carbonyl (C=O) groups is 1. The van der Waals surface area contributed by atoms with Crippen LogP contribution < -0.4 is 0 Å². The Balaban J connectivity index is 2.54. The molecule has 0 saturated carbocycles. The van der Waals surface area contributed by atoms with E-state index in [0.29, 0.717) is 16.5 Å². The predicted molar refractivity (Wildman–Crippen MR) is 62.1 cm³/mol. The summed E-state index contributed by atoms with van der Waals surface area (Å²) in [7, 11) is 0. The molecule has 0 aromatic carbocycles. The van der Waals surface area contributed by atoms with Crippen LogP contribution in [0.5, 0.6) is 0 Å². The molecule has 1 atom stereocenters. The minimum Gasteiger partial charge on any atom is -0.299 e. The SMILES string of the molecule is CC(C(=O)CCl)c1ncc2c(Cl)nccn12. The fourth-order valence-electron chi connectivity index (χ4n) is 1.50. The number of ketones is 1. The van der Waals surface area contributed by atoms with Gasteiger partial charge in [-0.15, -0.1) is 11.6 Å². The van der Waals surface area contributed by atoms with Crippen molar-refractivity contribution in [2.75, 3.05) is 5.88 Å². The average molecular weight is 258 g/mol. The number of rotatable bonds is 3. The van der Waals surface area contributed by atoms with Crippen LogP contribution >= 0.6 is 23.2 Å². The summed E-state index contributed by atoms with van der Waals surface area (Å²) >= 11 is 11.4. The second kappa shape index (κ2) is 4.39. The lowest BCUT2D eigenvalue weighted by Gasteiger charge is -2.07. The molecule has 2 heterocycles. The van der Waals surface area contributed by atoms with Crippen LogP contribution in [0, 0.1) is 0 Å². The van der Waals surface area contributed by atoms with E-state index in [9.17, 15) is 4.79 Å². The van der Waals surface area contributed by atoms with E-state index >= 15 is 0 Å². The molecule has 84 valence electrons. The monoisotopic (exact) mass is 257 g/mol. The summed E-state index contributed by atoms with van der Waals surface area (Å²) in [5, 5.41) is 0.367. The Morgan fingerprint density at radius 3 is 3.00 bits per heavy atom. The van der Waals surface area contributed by atoms with Crippen LogP contribution in [0.3, 0.4) is 0 Å². The number of hydrogen-bond acceptors (Lipinski definition) is 3. The van der Waals surface area contributed by atoms with Crippen LogP contribution in [-0.2, 0) is 4.79 Å². The van der Waals surface area contributed by atoms with Gasteiger partial charge in [-0.3, -0.25) is 9.20 Å². The fourth-order valence-corrected chi connectivity index (χ4v) is 1.92. The van der Waals surface area contributed by atoms with E-state index < -0.39 is 0 Å². The van der Waals surface area contributed by atoms with Gasteiger partial charge in [0.15, 0.2) is 10.9 Å². The lowest BCUT2D eigenvalue weighted by molar-refractivity contribution is -0.117. The van der Waals surface area contributed by atoms with E-state index in [1.807, 2.05) is 0 Å². The number of carbonyl (C=O) groups excluding carboxylic acids is 1. The second-order valence-electron chi connectivity index (χ2n) is 3.41. The molecule has 2 aromatic heterocycles. The Hall–Kier alpha value is -1.13. The van der Waals surface area contributed by atoms with Gasteiger partial charge in [0.2, 0.25) is 0 Å². The molecule has 0 N–H and O–H groups in total. The van der Waals surface area contributed by atoms with Crippen LogP contribution in [0.4, 0.5) is 0 Å². The minimum absolute atomic E-state index is 0.0190. The highest BCUT2D eigenvalue weighted by molar-refractivity contribution is 6.32. The third-order valence-corrected chi connectivity index (χ3v) is 3.00. The van der Waals surface area contributed by atoms with Gasteiger partial charge in [-0.05, 0) is 6.92 Å². The Labute approximate surface area is 102 Å². The van der Waals surface area contributed by atoms with Crippen LogP contribution in [-0.4, -0.2) is 26.0 Å². The smallest absolute Gasteiger partial charge is 0.157 e. The highest BCUT2D eigenvalue weighted by Gasteiger charge is 2.19. The zero-order valence-corrected chi connectivity index (χ0v) is 10.0. The Kier molecular flexibility index (Phi) is 3.12. The molecule has 2 aromatic rings. The molecular weight excluding hydrogens is 249 g/mol. The summed E-state index contributed by atoms with van der Waals surface area (Å²) < 4.78 is 1.75. The average Bonchev–Trinajstić information content (AvgIpc) is 2.72. The Morgan fingerprint density at radius 1 is 1.56 bits per heavy atom. The molecule has 0 aliphatic heterocycles. The highest BCUT2D eigenvalue weighted by Crippen LogP contribution is 2.20. The summed E-state index contributed by atoms with van der Waals surface area (Å²) in [6.45, 7) is 1.77. The van der Waals surface area contributed by atoms with Crippen LogP contribution in [0.25, 0.3) is 5.52 Å². The summed E-state index contributed by atoms with van der Waals surface area (Å²) in [5.41, 5.74) is 0.688. The molecule has 0 amide bonds. The normalized spacial score (nSPS) is 12.9. The number of hydrogen-bond donors (Lipinski definition) is 0. The topological polar surface area (TPSA) is 47.3 Å². The van der Waals surface area contributed by atoms with E-state index in [2.05, 4.69) is 9.97 Å². The van der Waals surface area contributed by atoms with Crippen LogP contribution in [0.2, 0.25) is 5.15 Å². The summed E-state index contributed by atoms with van der Waals surface area (Å²) in [4.78, 5) is 19.6. The van der Waals surface area contributed by atoms with Gasteiger partial charge < -0.3 is 0 Å². The number of halogens is 2. The molecule has 0 aliphatic rings. The van der Waals surface area contributed by atoms with E-state index in [1.165, 1.54) is 0 Å². The zero-order valence-electron chi connectivity index (χ0n) is 8.52. The number of imidazole rings is 1. The van der Waals surface area contributed by atoms with Gasteiger partial charge in [-0.1, -0.05) is 11.6 Å². The molecule has 0 aliphatic carbocycles. The van der Waals surface area contributed by atoms with Gasteiger partial charge in [-0.2, -0.15) is 0 Å². The van der Waals surface area contributed by atoms with Crippen molar-refractivity contribution in [3.63, 3.8) is 0 Å². The van der Waals surface area contributed by atoms with Crippen molar-refractivity contribution in [1.29, 1.82) is 0 Å². The van der Waals surface area contributed by atoms with E-state index in [0.717, 1.165) is 0 Å². The maximum absolute atomic E-state index is 11.5. The molecular formula is C10H9Cl2N3O. The molecule has 2 rings (SSSR count). The minimum atomic E-state index is -0.349. The molecule has 1 unspecified atom stereocenters. The second-order valence-corrected chi connectivity index (χ2v) is 4.04. The number of fused-ring (bicyclic) bond motifs is 1. The maximum atomic E-state index is 11.5. The van der Waals surface area contributed by atoms with E-state index in [-0.39, 0.29) is 17.6 Å². The van der Waals surface area contributed by atoms with Gasteiger partial charge in [0.1, 0.15) is 11.3 Å². The maximum Gasteiger partial charge on any atom is 0.157 e. The van der Waals surface area contributed by atoms with Crippen molar-refractivity contribution in [1.82, 2.24) is 14.4 Å². The summed E-state index contributed by atoms with van der Waals surface area (Å²) in [6, 6.07) is 0. The quantitative estimate of drug-likeness (QED) is 0.793.